The first-order valence-electron chi connectivity index (χ1n) is 17.3. The van der Waals surface area contributed by atoms with Crippen LogP contribution in [0.1, 0.15) is 57.5 Å². The summed E-state index contributed by atoms with van der Waals surface area (Å²) in [6.07, 6.45) is 3.19. The SMILES string of the molecule is C[N+](C)(C)CCCOc1ccc(OCCC[N+](C)(C)C)c2c1C(=O)c1c(OCCC[N+](C)(C)C)ccc(OCCC[N+](C)(C)C)c1C2=O. The van der Waals surface area contributed by atoms with Gasteiger partial charge in [-0.2, -0.15) is 0 Å². The molecular weight excluding hydrogens is 608 g/mol. The number of quaternary nitrogens is 4. The molecule has 0 atom stereocenters. The molecule has 10 nitrogen and oxygen atoms in total. The van der Waals surface area contributed by atoms with Crippen LogP contribution in [0.5, 0.6) is 23.0 Å². The van der Waals surface area contributed by atoms with Crippen LogP contribution in [0.4, 0.5) is 0 Å². The van der Waals surface area contributed by atoms with Gasteiger partial charge < -0.3 is 36.9 Å². The highest BCUT2D eigenvalue weighted by Crippen LogP contribution is 2.44. The number of nitrogens with zero attached hydrogens (tertiary/aromatic N) is 4. The summed E-state index contributed by atoms with van der Waals surface area (Å²) in [6.45, 7) is 5.31. The second kappa shape index (κ2) is 16.0. The van der Waals surface area contributed by atoms with Crippen LogP contribution in [0.3, 0.4) is 0 Å². The molecule has 1 aliphatic carbocycles. The predicted octanol–water partition coefficient (Wildman–Crippen LogP) is 4.36. The second-order valence-electron chi connectivity index (χ2n) is 17.1. The molecule has 2 aromatic carbocycles. The Kier molecular flexibility index (Phi) is 13.1. The third-order valence-corrected chi connectivity index (χ3v) is 8.09. The van der Waals surface area contributed by atoms with Crippen LogP contribution >= 0.6 is 0 Å². The topological polar surface area (TPSA) is 71.1 Å². The normalized spacial score (nSPS) is 13.7. The summed E-state index contributed by atoms with van der Waals surface area (Å²) in [6, 6.07) is 7.07. The fourth-order valence-corrected chi connectivity index (χ4v) is 5.65. The number of carbonyl (C=O) groups is 2. The minimum absolute atomic E-state index is 0.236. The van der Waals surface area contributed by atoms with Crippen LogP contribution in [-0.4, -0.2) is 167 Å². The summed E-state index contributed by atoms with van der Waals surface area (Å²) in [7, 11) is 25.6. The molecule has 0 radical (unpaired) electrons. The molecular formula is C38H64N4O6+4. The van der Waals surface area contributed by atoms with Crippen molar-refractivity contribution in [2.75, 3.05) is 137 Å². The van der Waals surface area contributed by atoms with E-state index in [4.69, 9.17) is 18.9 Å². The Morgan fingerprint density at radius 1 is 0.375 bits per heavy atom. The van der Waals surface area contributed by atoms with Gasteiger partial charge in [-0.1, -0.05) is 0 Å². The van der Waals surface area contributed by atoms with Gasteiger partial charge >= 0.3 is 0 Å². The van der Waals surface area contributed by atoms with Crippen molar-refractivity contribution >= 4 is 11.6 Å². The van der Waals surface area contributed by atoms with Crippen molar-refractivity contribution in [3.63, 3.8) is 0 Å². The number of ether oxygens (including phenoxy) is 4. The van der Waals surface area contributed by atoms with Crippen molar-refractivity contribution in [1.29, 1.82) is 0 Å². The van der Waals surface area contributed by atoms with E-state index < -0.39 is 0 Å². The van der Waals surface area contributed by atoms with E-state index in [-0.39, 0.29) is 33.8 Å². The van der Waals surface area contributed by atoms with E-state index in [0.717, 1.165) is 69.8 Å². The maximum absolute atomic E-state index is 14.7. The van der Waals surface area contributed by atoms with Gasteiger partial charge in [0.2, 0.25) is 11.6 Å². The Hall–Kier alpha value is -3.18. The molecule has 0 heterocycles. The summed E-state index contributed by atoms with van der Waals surface area (Å²) < 4.78 is 28.3. The maximum Gasteiger partial charge on any atom is 0.202 e. The van der Waals surface area contributed by atoms with Crippen LogP contribution < -0.4 is 18.9 Å². The molecule has 0 spiro atoms. The van der Waals surface area contributed by atoms with Crippen LogP contribution in [0.15, 0.2) is 24.3 Å². The molecule has 0 bridgehead atoms. The lowest BCUT2D eigenvalue weighted by molar-refractivity contribution is -0.870. The molecule has 0 N–H and O–H groups in total. The summed E-state index contributed by atoms with van der Waals surface area (Å²) in [4.78, 5) is 29.3. The van der Waals surface area contributed by atoms with Gasteiger partial charge in [-0.15, -0.1) is 0 Å². The quantitative estimate of drug-likeness (QED) is 0.131. The number of rotatable bonds is 20. The van der Waals surface area contributed by atoms with E-state index in [1.165, 1.54) is 0 Å². The van der Waals surface area contributed by atoms with Gasteiger partial charge in [0.15, 0.2) is 0 Å². The minimum atomic E-state index is -0.309. The summed E-state index contributed by atoms with van der Waals surface area (Å²) in [5.74, 6) is 0.935. The van der Waals surface area contributed by atoms with E-state index in [1.807, 2.05) is 0 Å². The molecule has 2 aromatic rings. The van der Waals surface area contributed by atoms with Gasteiger partial charge in [0.05, 0.1) is 159 Å². The van der Waals surface area contributed by atoms with Crippen LogP contribution in [0, 0.1) is 0 Å². The number of benzene rings is 2. The van der Waals surface area contributed by atoms with E-state index in [9.17, 15) is 9.59 Å². The molecule has 0 fully saturated rings. The van der Waals surface area contributed by atoms with Crippen molar-refractivity contribution in [2.45, 2.75) is 25.7 Å². The molecule has 0 saturated heterocycles. The summed E-state index contributed by atoms with van der Waals surface area (Å²) in [5.41, 5.74) is 0.945. The number of carbonyl (C=O) groups excluding carboxylic acids is 2. The third-order valence-electron chi connectivity index (χ3n) is 8.09. The monoisotopic (exact) mass is 672 g/mol. The molecule has 10 heteroatoms. The molecule has 1 aliphatic rings. The van der Waals surface area contributed by atoms with Gasteiger partial charge in [0.25, 0.3) is 0 Å². The molecule has 0 aliphatic heterocycles. The predicted molar refractivity (Wildman–Crippen MR) is 192 cm³/mol. The third kappa shape index (κ3) is 12.1. The average Bonchev–Trinajstić information content (AvgIpc) is 2.94. The van der Waals surface area contributed by atoms with Crippen LogP contribution in [0.2, 0.25) is 0 Å². The Morgan fingerprint density at radius 3 is 0.729 bits per heavy atom. The first-order chi connectivity index (χ1) is 22.2. The fourth-order valence-electron chi connectivity index (χ4n) is 5.65. The minimum Gasteiger partial charge on any atom is -0.493 e. The fraction of sp³-hybridized carbons (Fsp3) is 0.632. The Labute approximate surface area is 290 Å². The largest absolute Gasteiger partial charge is 0.493 e. The van der Waals surface area contributed by atoms with E-state index in [1.54, 1.807) is 24.3 Å². The highest BCUT2D eigenvalue weighted by Gasteiger charge is 2.40. The zero-order valence-electron chi connectivity index (χ0n) is 32.0. The first-order valence-corrected chi connectivity index (χ1v) is 17.3. The lowest BCUT2D eigenvalue weighted by Crippen LogP contribution is -2.36. The number of hydrogen-bond acceptors (Lipinski definition) is 6. The summed E-state index contributed by atoms with van der Waals surface area (Å²) in [5, 5.41) is 0. The molecule has 268 valence electrons. The number of ketones is 2. The molecule has 0 saturated carbocycles. The number of hydrogen-bond donors (Lipinski definition) is 0. The van der Waals surface area contributed by atoms with Gasteiger partial charge in [0, 0.05) is 25.7 Å². The summed E-state index contributed by atoms with van der Waals surface area (Å²) >= 11 is 0. The van der Waals surface area contributed by atoms with Crippen molar-refractivity contribution in [3.05, 3.63) is 46.5 Å². The molecule has 0 aromatic heterocycles. The van der Waals surface area contributed by atoms with Gasteiger partial charge in [-0.3, -0.25) is 9.59 Å². The average molecular weight is 673 g/mol. The van der Waals surface area contributed by atoms with Gasteiger partial charge in [0.1, 0.15) is 23.0 Å². The van der Waals surface area contributed by atoms with E-state index in [2.05, 4.69) is 84.6 Å². The molecule has 48 heavy (non-hydrogen) atoms. The Balaban J connectivity index is 2.06. The maximum atomic E-state index is 14.7. The lowest BCUT2D eigenvalue weighted by Gasteiger charge is -2.27. The second-order valence-corrected chi connectivity index (χ2v) is 17.1. The van der Waals surface area contributed by atoms with Crippen molar-refractivity contribution in [1.82, 2.24) is 0 Å². The number of fused-ring (bicyclic) bond motifs is 2. The molecule has 0 unspecified atom stereocenters. The highest BCUT2D eigenvalue weighted by atomic mass is 16.5. The first kappa shape index (κ1) is 39.3. The standard InChI is InChI=1S/C38H64N4O6/c1-39(2,3)21-13-25-45-29-17-18-30(46-26-14-22-40(4,5)6)34-33(29)37(43)35-31(47-27-15-23-41(7,8)9)19-20-32(36(35)38(34)44)48-28-16-24-42(10,11)12/h17-20H,13-16,21-28H2,1-12H3/q+4. The van der Waals surface area contributed by atoms with Crippen LogP contribution in [-0.2, 0) is 0 Å². The smallest absolute Gasteiger partial charge is 0.202 e. The van der Waals surface area contributed by atoms with Gasteiger partial charge in [-0.25, -0.2) is 0 Å². The zero-order valence-corrected chi connectivity index (χ0v) is 32.0. The highest BCUT2D eigenvalue weighted by molar-refractivity contribution is 6.32. The molecule has 3 rings (SSSR count). The molecule has 0 amide bonds. The zero-order chi connectivity index (χ0) is 35.9. The van der Waals surface area contributed by atoms with Crippen molar-refractivity contribution in [2.24, 2.45) is 0 Å². The van der Waals surface area contributed by atoms with E-state index in [0.29, 0.717) is 49.4 Å². The Bertz CT molecular complexity index is 1200. The van der Waals surface area contributed by atoms with Crippen molar-refractivity contribution < 1.29 is 46.5 Å². The van der Waals surface area contributed by atoms with Crippen molar-refractivity contribution in [3.8, 4) is 23.0 Å². The lowest BCUT2D eigenvalue weighted by atomic mass is 9.82. The van der Waals surface area contributed by atoms with Gasteiger partial charge in [-0.05, 0) is 24.3 Å². The van der Waals surface area contributed by atoms with Crippen LogP contribution in [0.25, 0.3) is 0 Å². The Morgan fingerprint density at radius 2 is 0.562 bits per heavy atom. The van der Waals surface area contributed by atoms with E-state index >= 15 is 0 Å².